The molecule has 0 saturated heterocycles. The van der Waals surface area contributed by atoms with E-state index in [4.69, 9.17) is 9.47 Å². The van der Waals surface area contributed by atoms with E-state index in [1.54, 1.807) is 24.3 Å². The summed E-state index contributed by atoms with van der Waals surface area (Å²) in [5, 5.41) is 5.21. The molecule has 0 aliphatic rings. The molecule has 0 aliphatic carbocycles. The number of benzene rings is 1. The highest BCUT2D eigenvalue weighted by Crippen LogP contribution is 2.15. The van der Waals surface area contributed by atoms with E-state index in [0.717, 1.165) is 13.1 Å². The van der Waals surface area contributed by atoms with Gasteiger partial charge in [0.1, 0.15) is 13.5 Å². The fourth-order valence-electron chi connectivity index (χ4n) is 1.50. The Morgan fingerprint density at radius 1 is 0.917 bits per heavy atom. The van der Waals surface area contributed by atoms with Crippen LogP contribution in [0.1, 0.15) is 13.8 Å². The van der Waals surface area contributed by atoms with Crippen LogP contribution >= 0.6 is 0 Å². The van der Waals surface area contributed by atoms with Gasteiger partial charge in [0, 0.05) is 11.4 Å². The number of nitrogens with one attached hydrogen (secondary N) is 2. The minimum atomic E-state index is -0.556. The predicted molar refractivity (Wildman–Crippen MR) is 93.0 cm³/mol. The Morgan fingerprint density at radius 3 is 1.71 bits per heavy atom. The SMILES string of the molecule is CCN(C)COC(=O)Nc1cccc(NC(=O)OCN(C)CC)c1. The molecule has 1 aromatic carbocycles. The Labute approximate surface area is 142 Å². The summed E-state index contributed by atoms with van der Waals surface area (Å²) in [6.07, 6.45) is -1.11. The van der Waals surface area contributed by atoms with Crippen LogP contribution in [0.15, 0.2) is 24.3 Å². The van der Waals surface area contributed by atoms with Gasteiger partial charge < -0.3 is 9.47 Å². The maximum absolute atomic E-state index is 11.7. The first kappa shape index (κ1) is 19.7. The number of rotatable bonds is 8. The molecule has 2 N–H and O–H groups in total. The zero-order valence-electron chi connectivity index (χ0n) is 14.7. The zero-order valence-corrected chi connectivity index (χ0v) is 14.7. The molecule has 2 amide bonds. The summed E-state index contributed by atoms with van der Waals surface area (Å²) in [5.41, 5.74) is 1.03. The Bertz CT molecular complexity index is 495. The van der Waals surface area contributed by atoms with Crippen LogP contribution in [0, 0.1) is 0 Å². The Kier molecular flexibility index (Phi) is 8.59. The fourth-order valence-corrected chi connectivity index (χ4v) is 1.50. The van der Waals surface area contributed by atoms with E-state index in [0.29, 0.717) is 11.4 Å². The lowest BCUT2D eigenvalue weighted by Crippen LogP contribution is -2.26. The molecule has 0 spiro atoms. The van der Waals surface area contributed by atoms with Gasteiger partial charge in [-0.05, 0) is 45.4 Å². The maximum Gasteiger partial charge on any atom is 0.412 e. The van der Waals surface area contributed by atoms with Crippen molar-refractivity contribution in [2.75, 3.05) is 51.3 Å². The van der Waals surface area contributed by atoms with Crippen LogP contribution in [-0.2, 0) is 9.47 Å². The van der Waals surface area contributed by atoms with Crippen LogP contribution in [-0.4, -0.2) is 62.6 Å². The van der Waals surface area contributed by atoms with Crippen molar-refractivity contribution in [3.8, 4) is 0 Å². The lowest BCUT2D eigenvalue weighted by Gasteiger charge is -2.15. The van der Waals surface area contributed by atoms with E-state index >= 15 is 0 Å². The molecule has 0 bridgehead atoms. The molecule has 0 aliphatic heterocycles. The summed E-state index contributed by atoms with van der Waals surface area (Å²) in [4.78, 5) is 27.1. The molecule has 134 valence electrons. The van der Waals surface area contributed by atoms with Crippen molar-refractivity contribution in [3.63, 3.8) is 0 Å². The molecule has 1 rings (SSSR count). The average Bonchev–Trinajstić information content (AvgIpc) is 2.57. The molecule has 8 heteroatoms. The van der Waals surface area contributed by atoms with Gasteiger partial charge in [-0.2, -0.15) is 0 Å². The molecular formula is C16H26N4O4. The van der Waals surface area contributed by atoms with Gasteiger partial charge >= 0.3 is 12.2 Å². The fraction of sp³-hybridized carbons (Fsp3) is 0.500. The standard InChI is InChI=1S/C16H26N4O4/c1-5-19(3)11-23-15(21)17-13-8-7-9-14(10-13)18-16(22)24-12-20(4)6-2/h7-10H,5-6,11-12H2,1-4H3,(H,17,21)(H,18,22). The summed E-state index contributed by atoms with van der Waals surface area (Å²) >= 11 is 0. The van der Waals surface area contributed by atoms with Crippen LogP contribution in [0.2, 0.25) is 0 Å². The van der Waals surface area contributed by atoms with Gasteiger partial charge in [0.2, 0.25) is 0 Å². The zero-order chi connectivity index (χ0) is 17.9. The van der Waals surface area contributed by atoms with Gasteiger partial charge in [-0.1, -0.05) is 19.9 Å². The third-order valence-electron chi connectivity index (χ3n) is 3.27. The molecule has 0 heterocycles. The molecule has 0 fully saturated rings. The van der Waals surface area contributed by atoms with Crippen molar-refractivity contribution in [1.82, 2.24) is 9.80 Å². The second-order valence-corrected chi connectivity index (χ2v) is 5.30. The third-order valence-corrected chi connectivity index (χ3v) is 3.27. The van der Waals surface area contributed by atoms with E-state index in [1.807, 2.05) is 37.7 Å². The van der Waals surface area contributed by atoms with Crippen molar-refractivity contribution in [3.05, 3.63) is 24.3 Å². The number of amides is 2. The van der Waals surface area contributed by atoms with Crippen molar-refractivity contribution in [1.29, 1.82) is 0 Å². The lowest BCUT2D eigenvalue weighted by molar-refractivity contribution is 0.0960. The number of ether oxygens (including phenoxy) is 2. The summed E-state index contributed by atoms with van der Waals surface area (Å²) in [5.74, 6) is 0. The first-order chi connectivity index (χ1) is 11.4. The van der Waals surface area contributed by atoms with Gasteiger partial charge in [-0.3, -0.25) is 20.4 Å². The number of hydrogen-bond acceptors (Lipinski definition) is 6. The molecule has 0 radical (unpaired) electrons. The maximum atomic E-state index is 11.7. The lowest BCUT2D eigenvalue weighted by atomic mass is 10.3. The monoisotopic (exact) mass is 338 g/mol. The molecule has 0 aromatic heterocycles. The van der Waals surface area contributed by atoms with Crippen molar-refractivity contribution in [2.24, 2.45) is 0 Å². The molecule has 8 nitrogen and oxygen atoms in total. The normalized spacial score (nSPS) is 10.6. The minimum Gasteiger partial charge on any atom is -0.433 e. The summed E-state index contributed by atoms with van der Waals surface area (Å²) in [6, 6.07) is 6.73. The van der Waals surface area contributed by atoms with Gasteiger partial charge in [0.15, 0.2) is 0 Å². The predicted octanol–water partition coefficient (Wildman–Crippen LogP) is 2.60. The first-order valence-electron chi connectivity index (χ1n) is 7.79. The molecular weight excluding hydrogens is 312 g/mol. The second-order valence-electron chi connectivity index (χ2n) is 5.30. The van der Waals surface area contributed by atoms with E-state index in [1.165, 1.54) is 0 Å². The Hall–Kier alpha value is -2.32. The molecule has 24 heavy (non-hydrogen) atoms. The highest BCUT2D eigenvalue weighted by molar-refractivity contribution is 5.88. The van der Waals surface area contributed by atoms with Crippen LogP contribution in [0.4, 0.5) is 21.0 Å². The van der Waals surface area contributed by atoms with Crippen LogP contribution < -0.4 is 10.6 Å². The van der Waals surface area contributed by atoms with Gasteiger partial charge in [-0.15, -0.1) is 0 Å². The van der Waals surface area contributed by atoms with E-state index in [2.05, 4.69) is 10.6 Å². The molecule has 0 unspecified atom stereocenters. The number of nitrogens with zero attached hydrogens (tertiary/aromatic N) is 2. The smallest absolute Gasteiger partial charge is 0.412 e. The summed E-state index contributed by atoms with van der Waals surface area (Å²) < 4.78 is 10.1. The number of hydrogen-bond donors (Lipinski definition) is 2. The third kappa shape index (κ3) is 7.80. The van der Waals surface area contributed by atoms with Crippen molar-refractivity contribution < 1.29 is 19.1 Å². The first-order valence-corrected chi connectivity index (χ1v) is 7.79. The highest BCUT2D eigenvalue weighted by atomic mass is 16.6. The van der Waals surface area contributed by atoms with E-state index in [9.17, 15) is 9.59 Å². The number of carbonyl (C=O) groups excluding carboxylic acids is 2. The van der Waals surface area contributed by atoms with Gasteiger partial charge in [-0.25, -0.2) is 9.59 Å². The van der Waals surface area contributed by atoms with Crippen LogP contribution in [0.3, 0.4) is 0 Å². The summed E-state index contributed by atoms with van der Waals surface area (Å²) in [6.45, 7) is 5.90. The molecule has 1 aromatic rings. The van der Waals surface area contributed by atoms with E-state index < -0.39 is 12.2 Å². The molecule has 0 atom stereocenters. The quantitative estimate of drug-likeness (QED) is 0.709. The van der Waals surface area contributed by atoms with Gasteiger partial charge in [0.05, 0.1) is 0 Å². The van der Waals surface area contributed by atoms with Crippen molar-refractivity contribution >= 4 is 23.6 Å². The van der Waals surface area contributed by atoms with Crippen LogP contribution in [0.25, 0.3) is 0 Å². The minimum absolute atomic E-state index is 0.206. The highest BCUT2D eigenvalue weighted by Gasteiger charge is 2.08. The summed E-state index contributed by atoms with van der Waals surface area (Å²) in [7, 11) is 3.69. The van der Waals surface area contributed by atoms with Gasteiger partial charge in [0.25, 0.3) is 0 Å². The largest absolute Gasteiger partial charge is 0.433 e. The second kappa shape index (κ2) is 10.5. The van der Waals surface area contributed by atoms with Crippen molar-refractivity contribution in [2.45, 2.75) is 13.8 Å². The topological polar surface area (TPSA) is 83.1 Å². The Balaban J connectivity index is 2.48. The molecule has 0 saturated carbocycles. The average molecular weight is 338 g/mol. The number of carbonyl (C=O) groups is 2. The van der Waals surface area contributed by atoms with Crippen LogP contribution in [0.5, 0.6) is 0 Å². The Morgan fingerprint density at radius 2 is 1.33 bits per heavy atom. The van der Waals surface area contributed by atoms with E-state index in [-0.39, 0.29) is 13.5 Å². The number of anilines is 2.